The van der Waals surface area contributed by atoms with Crippen molar-refractivity contribution in [2.24, 2.45) is 11.8 Å². The number of carbonyl (C=O) groups is 3. The van der Waals surface area contributed by atoms with E-state index in [1.807, 2.05) is 31.2 Å². The van der Waals surface area contributed by atoms with Gasteiger partial charge in [0.1, 0.15) is 5.54 Å². The molecule has 1 N–H and O–H groups in total. The molecule has 6 heteroatoms. The van der Waals surface area contributed by atoms with E-state index in [9.17, 15) is 14.4 Å². The second kappa shape index (κ2) is 3.95. The van der Waals surface area contributed by atoms with Gasteiger partial charge in [0, 0.05) is 31.4 Å². The molecule has 0 saturated carbocycles. The highest BCUT2D eigenvalue weighted by atomic mass is 16.2. The van der Waals surface area contributed by atoms with E-state index >= 15 is 0 Å². The van der Waals surface area contributed by atoms with E-state index in [0.717, 1.165) is 11.3 Å². The van der Waals surface area contributed by atoms with Crippen molar-refractivity contribution in [1.29, 1.82) is 0 Å². The van der Waals surface area contributed by atoms with Crippen LogP contribution >= 0.6 is 0 Å². The molecule has 1 aromatic carbocycles. The molecule has 3 heterocycles. The summed E-state index contributed by atoms with van der Waals surface area (Å²) in [5.74, 6) is -1.79. The summed E-state index contributed by atoms with van der Waals surface area (Å²) in [6, 6.07) is 7.24. The molecule has 0 bridgehead atoms. The highest BCUT2D eigenvalue weighted by Crippen LogP contribution is 2.53. The van der Waals surface area contributed by atoms with E-state index in [1.165, 1.54) is 11.9 Å². The minimum absolute atomic E-state index is 0.163. The summed E-state index contributed by atoms with van der Waals surface area (Å²) in [6.45, 7) is 1.87. The fourth-order valence-corrected chi connectivity index (χ4v) is 4.36. The van der Waals surface area contributed by atoms with Gasteiger partial charge in [-0.2, -0.15) is 0 Å². The van der Waals surface area contributed by atoms with Crippen molar-refractivity contribution in [2.45, 2.75) is 18.5 Å². The van der Waals surface area contributed by atoms with Gasteiger partial charge in [-0.05, 0) is 13.0 Å². The molecular formula is C16H17N3O3. The Bertz CT molecular complexity index is 731. The van der Waals surface area contributed by atoms with Crippen molar-refractivity contribution in [3.05, 3.63) is 29.8 Å². The van der Waals surface area contributed by atoms with E-state index in [0.29, 0.717) is 0 Å². The maximum Gasteiger partial charge on any atom is 0.252 e. The summed E-state index contributed by atoms with van der Waals surface area (Å²) < 4.78 is 0. The maximum absolute atomic E-state index is 13.0. The molecule has 0 aliphatic carbocycles. The fraction of sp³-hybridized carbons (Fsp3) is 0.438. The van der Waals surface area contributed by atoms with Crippen molar-refractivity contribution in [1.82, 2.24) is 10.2 Å². The van der Waals surface area contributed by atoms with Crippen LogP contribution in [0.1, 0.15) is 12.5 Å². The summed E-state index contributed by atoms with van der Waals surface area (Å²) in [4.78, 5) is 40.8. The number of amides is 3. The third kappa shape index (κ3) is 1.23. The number of imide groups is 1. The van der Waals surface area contributed by atoms with Crippen LogP contribution in [0.25, 0.3) is 0 Å². The van der Waals surface area contributed by atoms with Crippen LogP contribution in [-0.2, 0) is 19.9 Å². The number of hydrogen-bond donors (Lipinski definition) is 1. The first kappa shape index (κ1) is 13.5. The molecule has 3 aliphatic rings. The molecule has 2 fully saturated rings. The molecule has 4 atom stereocenters. The van der Waals surface area contributed by atoms with Crippen LogP contribution in [0.2, 0.25) is 0 Å². The molecule has 1 aromatic rings. The Morgan fingerprint density at radius 3 is 2.45 bits per heavy atom. The number of carbonyl (C=O) groups excluding carboxylic acids is 3. The van der Waals surface area contributed by atoms with Crippen LogP contribution in [0.3, 0.4) is 0 Å². The van der Waals surface area contributed by atoms with Crippen molar-refractivity contribution < 1.29 is 14.4 Å². The lowest BCUT2D eigenvalue weighted by Crippen LogP contribution is -2.54. The Hall–Kier alpha value is -2.21. The molecule has 1 spiro atoms. The molecule has 114 valence electrons. The summed E-state index contributed by atoms with van der Waals surface area (Å²) in [5, 5.41) is 3.29. The average molecular weight is 299 g/mol. The zero-order valence-corrected chi connectivity index (χ0v) is 12.7. The quantitative estimate of drug-likeness (QED) is 0.689. The monoisotopic (exact) mass is 299 g/mol. The van der Waals surface area contributed by atoms with Crippen molar-refractivity contribution in [2.75, 3.05) is 19.0 Å². The molecular weight excluding hydrogens is 282 g/mol. The van der Waals surface area contributed by atoms with Gasteiger partial charge in [0.25, 0.3) is 5.91 Å². The van der Waals surface area contributed by atoms with Crippen LogP contribution in [0.5, 0.6) is 0 Å². The van der Waals surface area contributed by atoms with Crippen molar-refractivity contribution in [3.63, 3.8) is 0 Å². The first-order valence-corrected chi connectivity index (χ1v) is 7.38. The number of anilines is 1. The number of benzene rings is 1. The smallest absolute Gasteiger partial charge is 0.252 e. The Labute approximate surface area is 128 Å². The number of rotatable bonds is 0. The maximum atomic E-state index is 13.0. The summed E-state index contributed by atoms with van der Waals surface area (Å²) in [7, 11) is 3.21. The van der Waals surface area contributed by atoms with E-state index in [4.69, 9.17) is 0 Å². The van der Waals surface area contributed by atoms with E-state index in [1.54, 1.807) is 11.9 Å². The highest BCUT2D eigenvalue weighted by molar-refractivity contribution is 6.15. The van der Waals surface area contributed by atoms with Crippen molar-refractivity contribution >= 4 is 23.4 Å². The molecule has 2 saturated heterocycles. The number of likely N-dealkylation sites (tertiary alicyclic amines) is 1. The molecule has 0 aromatic heterocycles. The third-order valence-corrected chi connectivity index (χ3v) is 5.36. The number of para-hydroxylation sites is 1. The SMILES string of the molecule is C[C@@H]1N[C@]2(C(=O)N(C)c3ccccc32)[C@@H]2C(=O)N(C)C(=O)[C@@H]12. The summed E-state index contributed by atoms with van der Waals surface area (Å²) in [5.41, 5.74) is 0.466. The predicted molar refractivity (Wildman–Crippen MR) is 78.9 cm³/mol. The van der Waals surface area contributed by atoms with Gasteiger partial charge in [0.2, 0.25) is 11.8 Å². The zero-order chi connectivity index (χ0) is 15.8. The number of nitrogens with one attached hydrogen (secondary N) is 1. The normalized spacial score (nSPS) is 36.5. The van der Waals surface area contributed by atoms with Crippen LogP contribution < -0.4 is 10.2 Å². The van der Waals surface area contributed by atoms with Gasteiger partial charge in [0.05, 0.1) is 11.8 Å². The minimum Gasteiger partial charge on any atom is -0.313 e. The number of hydrogen-bond acceptors (Lipinski definition) is 4. The molecule has 22 heavy (non-hydrogen) atoms. The Morgan fingerprint density at radius 1 is 1.05 bits per heavy atom. The van der Waals surface area contributed by atoms with Gasteiger partial charge in [-0.25, -0.2) is 0 Å². The van der Waals surface area contributed by atoms with Crippen LogP contribution in [0.4, 0.5) is 5.69 Å². The Kier molecular flexibility index (Phi) is 2.42. The molecule has 0 unspecified atom stereocenters. The van der Waals surface area contributed by atoms with E-state index < -0.39 is 17.4 Å². The van der Waals surface area contributed by atoms with Crippen molar-refractivity contribution in [3.8, 4) is 0 Å². The molecule has 6 nitrogen and oxygen atoms in total. The molecule has 4 rings (SSSR count). The molecule has 0 radical (unpaired) electrons. The zero-order valence-electron chi connectivity index (χ0n) is 12.7. The topological polar surface area (TPSA) is 69.7 Å². The largest absolute Gasteiger partial charge is 0.313 e. The van der Waals surface area contributed by atoms with Crippen LogP contribution in [0, 0.1) is 11.8 Å². The highest BCUT2D eigenvalue weighted by Gasteiger charge is 2.69. The summed E-state index contributed by atoms with van der Waals surface area (Å²) in [6.07, 6.45) is 0. The third-order valence-electron chi connectivity index (χ3n) is 5.36. The average Bonchev–Trinajstić information content (AvgIpc) is 3.03. The van der Waals surface area contributed by atoms with Crippen LogP contribution in [-0.4, -0.2) is 42.8 Å². The lowest BCUT2D eigenvalue weighted by molar-refractivity contribution is -0.141. The van der Waals surface area contributed by atoms with E-state index in [-0.39, 0.29) is 23.8 Å². The fourth-order valence-electron chi connectivity index (χ4n) is 4.36. The second-order valence-electron chi connectivity index (χ2n) is 6.36. The lowest BCUT2D eigenvalue weighted by Gasteiger charge is -2.29. The Balaban J connectivity index is 1.98. The standard InChI is InChI=1S/C16H17N3O3/c1-8-11-12(14(21)19(3)13(11)20)16(17-8)9-6-4-5-7-10(9)18(2)15(16)22/h4-8,11-12,17H,1-3H3/t8-,11-,12-,16-/m0/s1. The number of nitrogens with zero attached hydrogens (tertiary/aromatic N) is 2. The first-order chi connectivity index (χ1) is 10.4. The van der Waals surface area contributed by atoms with Gasteiger partial charge < -0.3 is 4.90 Å². The lowest BCUT2D eigenvalue weighted by atomic mass is 9.76. The van der Waals surface area contributed by atoms with Gasteiger partial charge >= 0.3 is 0 Å². The first-order valence-electron chi connectivity index (χ1n) is 7.38. The predicted octanol–water partition coefficient (Wildman–Crippen LogP) is 0.0810. The number of fused-ring (bicyclic) bond motifs is 4. The summed E-state index contributed by atoms with van der Waals surface area (Å²) >= 11 is 0. The van der Waals surface area contributed by atoms with E-state index in [2.05, 4.69) is 5.32 Å². The van der Waals surface area contributed by atoms with Crippen LogP contribution in [0.15, 0.2) is 24.3 Å². The minimum atomic E-state index is -1.12. The van der Waals surface area contributed by atoms with Gasteiger partial charge in [0.15, 0.2) is 0 Å². The van der Waals surface area contributed by atoms with Gasteiger partial charge in [-0.1, -0.05) is 18.2 Å². The number of likely N-dealkylation sites (N-methyl/N-ethyl adjacent to an activating group) is 1. The van der Waals surface area contributed by atoms with Gasteiger partial charge in [-0.3, -0.25) is 24.6 Å². The van der Waals surface area contributed by atoms with Gasteiger partial charge in [-0.15, -0.1) is 0 Å². The Morgan fingerprint density at radius 2 is 1.73 bits per heavy atom. The molecule has 3 amide bonds. The molecule has 3 aliphatic heterocycles. The second-order valence-corrected chi connectivity index (χ2v) is 6.36.